The molecule has 2 aromatic rings. The highest BCUT2D eigenvalue weighted by Crippen LogP contribution is 2.44. The van der Waals surface area contributed by atoms with Gasteiger partial charge in [0.1, 0.15) is 0 Å². The van der Waals surface area contributed by atoms with E-state index >= 15 is 0 Å². The van der Waals surface area contributed by atoms with Gasteiger partial charge < -0.3 is 9.84 Å². The largest absolute Gasteiger partial charge is 0.466 e. The maximum Gasteiger partial charge on any atom is 0.312 e. The van der Waals surface area contributed by atoms with Crippen LogP contribution in [0.2, 0.25) is 0 Å². The number of aryl methyl sites for hydroxylation is 1. The summed E-state index contributed by atoms with van der Waals surface area (Å²) in [6.07, 6.45) is 0.200. The molecule has 0 bridgehead atoms. The number of aliphatic hydroxyl groups is 1. The number of carbonyl (C=O) groups excluding carboxylic acids is 1. The molecule has 0 unspecified atom stereocenters. The van der Waals surface area contributed by atoms with E-state index in [4.69, 9.17) is 4.74 Å². The Hall–Kier alpha value is -2.34. The summed E-state index contributed by atoms with van der Waals surface area (Å²) >= 11 is 0. The Morgan fingerprint density at radius 3 is 2.71 bits per heavy atom. The number of hydrogen-bond acceptors (Lipinski definition) is 4. The summed E-state index contributed by atoms with van der Waals surface area (Å²) in [5, 5.41) is 14.0. The van der Waals surface area contributed by atoms with Crippen molar-refractivity contribution >= 4 is 5.97 Å². The predicted octanol–water partition coefficient (Wildman–Crippen LogP) is 1.33. The number of nitrogens with zero attached hydrogens (tertiary/aromatic N) is 1. The molecule has 24 heavy (non-hydrogen) atoms. The highest BCUT2D eigenvalue weighted by atomic mass is 16.5. The van der Waals surface area contributed by atoms with Crippen molar-refractivity contribution in [2.24, 2.45) is 13.0 Å². The number of aromatic nitrogens is 2. The normalized spacial score (nSPS) is 26.0. The number of nitrogens with one attached hydrogen (secondary N) is 1. The van der Waals surface area contributed by atoms with E-state index in [-0.39, 0.29) is 18.6 Å². The molecular weight excluding hydrogens is 308 g/mol. The molecule has 1 heterocycles. The van der Waals surface area contributed by atoms with E-state index < -0.39 is 23.4 Å². The minimum atomic E-state index is -1.32. The third-order valence-electron chi connectivity index (χ3n) is 4.71. The van der Waals surface area contributed by atoms with Gasteiger partial charge in [-0.15, -0.1) is 0 Å². The lowest BCUT2D eigenvalue weighted by Gasteiger charge is -2.40. The van der Waals surface area contributed by atoms with Gasteiger partial charge >= 0.3 is 5.97 Å². The Labute approximate surface area is 140 Å². The smallest absolute Gasteiger partial charge is 0.312 e. The zero-order chi connectivity index (χ0) is 17.5. The molecule has 0 fully saturated rings. The second-order valence-electron chi connectivity index (χ2n) is 6.52. The monoisotopic (exact) mass is 330 g/mol. The highest BCUT2D eigenvalue weighted by molar-refractivity contribution is 5.77. The first-order valence-electron chi connectivity index (χ1n) is 8.08. The van der Waals surface area contributed by atoms with Crippen LogP contribution in [0.3, 0.4) is 0 Å². The van der Waals surface area contributed by atoms with Crippen LogP contribution in [0.4, 0.5) is 0 Å². The summed E-state index contributed by atoms with van der Waals surface area (Å²) in [4.78, 5) is 25.3. The van der Waals surface area contributed by atoms with E-state index in [0.717, 1.165) is 5.56 Å². The van der Waals surface area contributed by atoms with E-state index in [1.165, 1.54) is 4.68 Å². The molecule has 1 aliphatic carbocycles. The quantitative estimate of drug-likeness (QED) is 0.832. The fraction of sp³-hybridized carbons (Fsp3) is 0.444. The van der Waals surface area contributed by atoms with E-state index in [2.05, 4.69) is 5.10 Å². The Morgan fingerprint density at radius 2 is 2.08 bits per heavy atom. The Kier molecular flexibility index (Phi) is 4.09. The van der Waals surface area contributed by atoms with Gasteiger partial charge in [-0.2, -0.15) is 0 Å². The first-order chi connectivity index (χ1) is 11.4. The van der Waals surface area contributed by atoms with Gasteiger partial charge in [0.25, 0.3) is 5.56 Å². The number of ether oxygens (including phenoxy) is 1. The molecule has 128 valence electrons. The summed E-state index contributed by atoms with van der Waals surface area (Å²) < 4.78 is 6.61. The summed E-state index contributed by atoms with van der Waals surface area (Å²) in [5.41, 5.74) is 0.525. The molecule has 0 saturated heterocycles. The molecule has 1 aromatic carbocycles. The van der Waals surface area contributed by atoms with Crippen LogP contribution in [0.25, 0.3) is 0 Å². The fourth-order valence-corrected chi connectivity index (χ4v) is 3.71. The standard InChI is InChI=1S/C18H22N2O4/c1-4-24-17(22)15-13(11-8-6-5-7-9-11)14-12(10-18(15,2)23)19-20(3)16(14)21/h5-9,13,15,19,23H,4,10H2,1-3H3/t13-,15-,18-/m0/s1. The van der Waals surface area contributed by atoms with Crippen molar-refractivity contribution < 1.29 is 14.6 Å². The molecule has 0 radical (unpaired) electrons. The SMILES string of the molecule is CCOC(=O)[C@@H]1[C@@H](c2ccccc2)c2c([nH]n(C)c2=O)C[C@]1(C)O. The molecule has 2 N–H and O–H groups in total. The van der Waals surface area contributed by atoms with Crippen molar-refractivity contribution in [1.82, 2.24) is 9.78 Å². The number of carbonyl (C=O) groups is 1. The summed E-state index contributed by atoms with van der Waals surface area (Å²) in [7, 11) is 1.64. The van der Waals surface area contributed by atoms with Gasteiger partial charge in [0, 0.05) is 30.6 Å². The topological polar surface area (TPSA) is 84.3 Å². The van der Waals surface area contributed by atoms with Crippen molar-refractivity contribution in [1.29, 1.82) is 0 Å². The zero-order valence-electron chi connectivity index (χ0n) is 14.1. The van der Waals surface area contributed by atoms with Crippen molar-refractivity contribution in [3.63, 3.8) is 0 Å². The van der Waals surface area contributed by atoms with Crippen LogP contribution in [0, 0.1) is 5.92 Å². The summed E-state index contributed by atoms with van der Waals surface area (Å²) in [6.45, 7) is 3.58. The number of rotatable bonds is 3. The number of esters is 1. The lowest BCUT2D eigenvalue weighted by molar-refractivity contribution is -0.159. The number of H-pyrrole nitrogens is 1. The highest BCUT2D eigenvalue weighted by Gasteiger charge is 2.51. The molecule has 0 aliphatic heterocycles. The number of aromatic amines is 1. The average Bonchev–Trinajstić information content (AvgIpc) is 2.80. The predicted molar refractivity (Wildman–Crippen MR) is 88.8 cm³/mol. The van der Waals surface area contributed by atoms with Gasteiger partial charge in [-0.3, -0.25) is 19.4 Å². The van der Waals surface area contributed by atoms with E-state index in [9.17, 15) is 14.7 Å². The maximum atomic E-state index is 12.6. The van der Waals surface area contributed by atoms with Gasteiger partial charge in [0.05, 0.1) is 18.1 Å². The zero-order valence-corrected chi connectivity index (χ0v) is 14.1. The minimum absolute atomic E-state index is 0.177. The lowest BCUT2D eigenvalue weighted by atomic mass is 9.66. The summed E-state index contributed by atoms with van der Waals surface area (Å²) in [6, 6.07) is 9.33. The maximum absolute atomic E-state index is 12.6. The second kappa shape index (κ2) is 5.94. The molecule has 6 nitrogen and oxygen atoms in total. The van der Waals surface area contributed by atoms with Gasteiger partial charge in [0.2, 0.25) is 0 Å². The molecule has 3 atom stereocenters. The van der Waals surface area contributed by atoms with Crippen molar-refractivity contribution in [3.05, 3.63) is 57.5 Å². The molecule has 1 aromatic heterocycles. The Balaban J connectivity index is 2.24. The van der Waals surface area contributed by atoms with Crippen molar-refractivity contribution in [2.75, 3.05) is 6.61 Å². The van der Waals surface area contributed by atoms with Crippen molar-refractivity contribution in [3.8, 4) is 0 Å². The number of fused-ring (bicyclic) bond motifs is 1. The fourth-order valence-electron chi connectivity index (χ4n) is 3.71. The van der Waals surface area contributed by atoms with Crippen LogP contribution in [0.15, 0.2) is 35.1 Å². The second-order valence-corrected chi connectivity index (χ2v) is 6.52. The van der Waals surface area contributed by atoms with Crippen LogP contribution < -0.4 is 5.56 Å². The first-order valence-corrected chi connectivity index (χ1v) is 8.08. The van der Waals surface area contributed by atoms with Gasteiger partial charge in [-0.25, -0.2) is 0 Å². The van der Waals surface area contributed by atoms with E-state index in [1.54, 1.807) is 20.9 Å². The molecule has 0 amide bonds. The molecule has 0 saturated carbocycles. The third-order valence-corrected chi connectivity index (χ3v) is 4.71. The molecular formula is C18H22N2O4. The van der Waals surface area contributed by atoms with Crippen LogP contribution in [-0.2, 0) is 23.0 Å². The molecule has 6 heteroatoms. The Morgan fingerprint density at radius 1 is 1.42 bits per heavy atom. The third kappa shape index (κ3) is 2.57. The van der Waals surface area contributed by atoms with Crippen LogP contribution in [0.5, 0.6) is 0 Å². The number of benzene rings is 1. The molecule has 0 spiro atoms. The van der Waals surface area contributed by atoms with E-state index in [0.29, 0.717) is 11.3 Å². The minimum Gasteiger partial charge on any atom is -0.466 e. The first kappa shape index (κ1) is 16.5. The van der Waals surface area contributed by atoms with Crippen LogP contribution in [0.1, 0.15) is 36.6 Å². The molecule has 1 aliphatic rings. The van der Waals surface area contributed by atoms with Gasteiger partial charge in [-0.05, 0) is 19.4 Å². The Bertz CT molecular complexity index is 804. The van der Waals surface area contributed by atoms with Crippen LogP contribution >= 0.6 is 0 Å². The average molecular weight is 330 g/mol. The number of hydrogen-bond donors (Lipinski definition) is 2. The van der Waals surface area contributed by atoms with Crippen molar-refractivity contribution in [2.45, 2.75) is 31.8 Å². The molecule has 3 rings (SSSR count). The van der Waals surface area contributed by atoms with Gasteiger partial charge in [-0.1, -0.05) is 30.3 Å². The lowest BCUT2D eigenvalue weighted by Crippen LogP contribution is -2.50. The van der Waals surface area contributed by atoms with E-state index in [1.807, 2.05) is 30.3 Å². The van der Waals surface area contributed by atoms with Gasteiger partial charge in [0.15, 0.2) is 0 Å². The van der Waals surface area contributed by atoms with Crippen LogP contribution in [-0.4, -0.2) is 33.1 Å². The summed E-state index contributed by atoms with van der Waals surface area (Å²) in [5.74, 6) is -1.87.